The van der Waals surface area contributed by atoms with Crippen LogP contribution in [0.15, 0.2) is 42.5 Å². The van der Waals surface area contributed by atoms with Gasteiger partial charge < -0.3 is 10.2 Å². The predicted molar refractivity (Wildman–Crippen MR) is 80.9 cm³/mol. The Balaban J connectivity index is 2.08. The zero-order chi connectivity index (χ0) is 13.9. The smallest absolute Gasteiger partial charge is 0.129 e. The van der Waals surface area contributed by atoms with E-state index in [9.17, 15) is 4.39 Å². The van der Waals surface area contributed by atoms with Crippen LogP contribution in [-0.2, 0) is 13.0 Å². The first kappa shape index (κ1) is 13.1. The highest BCUT2D eigenvalue weighted by molar-refractivity contribution is 5.70. The van der Waals surface area contributed by atoms with Crippen molar-refractivity contribution < 1.29 is 4.39 Å². The molecule has 0 amide bonds. The van der Waals surface area contributed by atoms with Crippen LogP contribution >= 0.6 is 0 Å². The van der Waals surface area contributed by atoms with Crippen molar-refractivity contribution in [1.82, 2.24) is 5.32 Å². The van der Waals surface area contributed by atoms with E-state index in [2.05, 4.69) is 28.4 Å². The molecule has 0 spiro atoms. The van der Waals surface area contributed by atoms with Gasteiger partial charge in [-0.2, -0.15) is 0 Å². The van der Waals surface area contributed by atoms with Crippen molar-refractivity contribution in [2.75, 3.05) is 18.5 Å². The summed E-state index contributed by atoms with van der Waals surface area (Å²) in [6.45, 7) is 1.48. The highest BCUT2D eigenvalue weighted by atomic mass is 19.1. The molecule has 1 aliphatic rings. The summed E-state index contributed by atoms with van der Waals surface area (Å²) >= 11 is 0. The lowest BCUT2D eigenvalue weighted by Gasteiger charge is -2.33. The van der Waals surface area contributed by atoms with Gasteiger partial charge in [-0.05, 0) is 43.7 Å². The maximum atomic E-state index is 14.1. The van der Waals surface area contributed by atoms with Gasteiger partial charge in [0.2, 0.25) is 0 Å². The molecule has 0 aliphatic carbocycles. The average molecular weight is 270 g/mol. The molecule has 3 heteroatoms. The fourth-order valence-electron chi connectivity index (χ4n) is 2.94. The quantitative estimate of drug-likeness (QED) is 0.916. The van der Waals surface area contributed by atoms with E-state index in [1.165, 1.54) is 17.3 Å². The molecule has 20 heavy (non-hydrogen) atoms. The largest absolute Gasteiger partial charge is 0.341 e. The Bertz CT molecular complexity index is 610. The Labute approximate surface area is 119 Å². The topological polar surface area (TPSA) is 15.3 Å². The van der Waals surface area contributed by atoms with Crippen molar-refractivity contribution in [3.63, 3.8) is 0 Å². The number of rotatable bonds is 3. The van der Waals surface area contributed by atoms with E-state index >= 15 is 0 Å². The van der Waals surface area contributed by atoms with Gasteiger partial charge in [-0.15, -0.1) is 0 Å². The van der Waals surface area contributed by atoms with Crippen molar-refractivity contribution in [2.24, 2.45) is 0 Å². The summed E-state index contributed by atoms with van der Waals surface area (Å²) in [7, 11) is 1.85. The van der Waals surface area contributed by atoms with Gasteiger partial charge in [0.15, 0.2) is 0 Å². The first-order valence-electron chi connectivity index (χ1n) is 7.08. The second-order valence-electron chi connectivity index (χ2n) is 5.15. The van der Waals surface area contributed by atoms with E-state index < -0.39 is 0 Å². The van der Waals surface area contributed by atoms with E-state index in [4.69, 9.17) is 0 Å². The van der Waals surface area contributed by atoms with Crippen molar-refractivity contribution in [3.05, 3.63) is 59.4 Å². The van der Waals surface area contributed by atoms with Crippen LogP contribution in [0.2, 0.25) is 0 Å². The zero-order valence-electron chi connectivity index (χ0n) is 11.7. The summed E-state index contributed by atoms with van der Waals surface area (Å²) < 4.78 is 14.1. The van der Waals surface area contributed by atoms with Gasteiger partial charge in [-0.25, -0.2) is 4.39 Å². The Kier molecular flexibility index (Phi) is 3.70. The van der Waals surface area contributed by atoms with Gasteiger partial charge >= 0.3 is 0 Å². The zero-order valence-corrected chi connectivity index (χ0v) is 11.7. The van der Waals surface area contributed by atoms with E-state index in [0.717, 1.165) is 30.6 Å². The first-order valence-corrected chi connectivity index (χ1v) is 7.08. The average Bonchev–Trinajstić information content (AvgIpc) is 2.49. The monoisotopic (exact) mass is 270 g/mol. The number of nitrogens with one attached hydrogen (secondary N) is 1. The molecule has 3 rings (SSSR count). The second-order valence-corrected chi connectivity index (χ2v) is 5.15. The molecule has 0 radical (unpaired) electrons. The van der Waals surface area contributed by atoms with E-state index in [1.807, 2.05) is 19.2 Å². The van der Waals surface area contributed by atoms with Crippen LogP contribution in [0.3, 0.4) is 0 Å². The molecule has 2 aromatic carbocycles. The van der Waals surface area contributed by atoms with Gasteiger partial charge in [0, 0.05) is 30.0 Å². The van der Waals surface area contributed by atoms with Gasteiger partial charge in [-0.1, -0.05) is 24.3 Å². The van der Waals surface area contributed by atoms with Crippen LogP contribution in [0.25, 0.3) is 0 Å². The standard InChI is InChI=1S/C17H19FN2/c1-19-12-14-15(18)8-4-10-17(14)20-11-5-7-13-6-2-3-9-16(13)20/h2-4,6,8-10,19H,5,7,11-12H2,1H3. The maximum absolute atomic E-state index is 14.1. The molecule has 0 atom stereocenters. The van der Waals surface area contributed by atoms with Crippen LogP contribution in [0.5, 0.6) is 0 Å². The summed E-state index contributed by atoms with van der Waals surface area (Å²) in [4.78, 5) is 2.24. The SMILES string of the molecule is CNCc1c(F)cccc1N1CCCc2ccccc21. The molecule has 2 nitrogen and oxygen atoms in total. The third-order valence-corrected chi connectivity index (χ3v) is 3.85. The lowest BCUT2D eigenvalue weighted by atomic mass is 10.00. The van der Waals surface area contributed by atoms with Crippen molar-refractivity contribution in [1.29, 1.82) is 0 Å². The van der Waals surface area contributed by atoms with Crippen LogP contribution in [-0.4, -0.2) is 13.6 Å². The summed E-state index contributed by atoms with van der Waals surface area (Å²) in [5.41, 5.74) is 4.28. The molecule has 0 saturated heterocycles. The third-order valence-electron chi connectivity index (χ3n) is 3.85. The minimum atomic E-state index is -0.139. The molecule has 1 N–H and O–H groups in total. The number of hydrogen-bond donors (Lipinski definition) is 1. The first-order chi connectivity index (χ1) is 9.81. The number of benzene rings is 2. The molecule has 0 unspecified atom stereocenters. The lowest BCUT2D eigenvalue weighted by Crippen LogP contribution is -2.26. The van der Waals surface area contributed by atoms with Crippen LogP contribution in [0, 0.1) is 5.82 Å². The van der Waals surface area contributed by atoms with Crippen molar-refractivity contribution in [3.8, 4) is 0 Å². The lowest BCUT2D eigenvalue weighted by molar-refractivity contribution is 0.599. The van der Waals surface area contributed by atoms with E-state index in [1.54, 1.807) is 6.07 Å². The molecule has 0 aromatic heterocycles. The summed E-state index contributed by atoms with van der Waals surface area (Å²) in [5.74, 6) is -0.139. The number of fused-ring (bicyclic) bond motifs is 1. The van der Waals surface area contributed by atoms with Gasteiger partial charge in [-0.3, -0.25) is 0 Å². The fourth-order valence-corrected chi connectivity index (χ4v) is 2.94. The number of nitrogens with zero attached hydrogens (tertiary/aromatic N) is 1. The Hall–Kier alpha value is -1.87. The normalized spacial score (nSPS) is 14.2. The van der Waals surface area contributed by atoms with Crippen molar-refractivity contribution >= 4 is 11.4 Å². The molecule has 0 fully saturated rings. The summed E-state index contributed by atoms with van der Waals surface area (Å²) in [6, 6.07) is 13.8. The molecule has 104 valence electrons. The maximum Gasteiger partial charge on any atom is 0.129 e. The van der Waals surface area contributed by atoms with Gasteiger partial charge in [0.05, 0.1) is 0 Å². The minimum Gasteiger partial charge on any atom is -0.341 e. The van der Waals surface area contributed by atoms with E-state index in [-0.39, 0.29) is 5.82 Å². The summed E-state index contributed by atoms with van der Waals surface area (Å²) in [6.07, 6.45) is 2.20. The molecule has 1 heterocycles. The second kappa shape index (κ2) is 5.63. The van der Waals surface area contributed by atoms with Crippen LogP contribution in [0.4, 0.5) is 15.8 Å². The molecule has 1 aliphatic heterocycles. The Morgan fingerprint density at radius 2 is 1.90 bits per heavy atom. The molecule has 0 saturated carbocycles. The molecular weight excluding hydrogens is 251 g/mol. The summed E-state index contributed by atoms with van der Waals surface area (Å²) in [5, 5.41) is 3.06. The highest BCUT2D eigenvalue weighted by Crippen LogP contribution is 2.35. The molecular formula is C17H19FN2. The predicted octanol–water partition coefficient (Wildman–Crippen LogP) is 3.63. The van der Waals surface area contributed by atoms with Crippen LogP contribution < -0.4 is 10.2 Å². The number of halogens is 1. The van der Waals surface area contributed by atoms with Gasteiger partial charge in [0.1, 0.15) is 5.82 Å². The van der Waals surface area contributed by atoms with Gasteiger partial charge in [0.25, 0.3) is 0 Å². The minimum absolute atomic E-state index is 0.139. The number of anilines is 2. The molecule has 2 aromatic rings. The molecule has 0 bridgehead atoms. The van der Waals surface area contributed by atoms with Crippen LogP contribution in [0.1, 0.15) is 17.5 Å². The third kappa shape index (κ3) is 2.29. The Morgan fingerprint density at radius 1 is 1.10 bits per heavy atom. The van der Waals surface area contributed by atoms with Crippen molar-refractivity contribution in [2.45, 2.75) is 19.4 Å². The fraction of sp³-hybridized carbons (Fsp3) is 0.294. The Morgan fingerprint density at radius 3 is 2.75 bits per heavy atom. The number of para-hydroxylation sites is 1. The number of hydrogen-bond acceptors (Lipinski definition) is 2. The number of aryl methyl sites for hydroxylation is 1. The highest BCUT2D eigenvalue weighted by Gasteiger charge is 2.21. The van der Waals surface area contributed by atoms with E-state index in [0.29, 0.717) is 6.54 Å².